The number of morpholine rings is 1. The van der Waals surface area contributed by atoms with Crippen molar-refractivity contribution in [2.75, 3.05) is 42.6 Å². The highest BCUT2D eigenvalue weighted by Gasteiger charge is 2.25. The van der Waals surface area contributed by atoms with Crippen molar-refractivity contribution in [2.24, 2.45) is 0 Å². The molecule has 0 aromatic heterocycles. The van der Waals surface area contributed by atoms with E-state index in [1.165, 1.54) is 11.3 Å². The van der Waals surface area contributed by atoms with Crippen molar-refractivity contribution in [3.63, 3.8) is 0 Å². The molecule has 5 nitrogen and oxygen atoms in total. The fourth-order valence-corrected chi connectivity index (χ4v) is 3.69. The smallest absolute Gasteiger partial charge is 0.322 e. The molecule has 2 aliphatic heterocycles. The number of rotatable bonds is 3. The van der Waals surface area contributed by atoms with E-state index in [4.69, 9.17) is 4.74 Å². The SMILES string of the molecule is CC(NC(=O)N1CCc2ccccc21)c1ccc(N2CCOCC2)cc1. The number of fused-ring (bicyclic) bond motifs is 1. The third kappa shape index (κ3) is 3.40. The zero-order valence-electron chi connectivity index (χ0n) is 15.1. The topological polar surface area (TPSA) is 44.8 Å². The van der Waals surface area contributed by atoms with Gasteiger partial charge in [-0.15, -0.1) is 0 Å². The molecule has 1 unspecified atom stereocenters. The van der Waals surface area contributed by atoms with Crippen LogP contribution in [0.25, 0.3) is 0 Å². The molecule has 2 amide bonds. The summed E-state index contributed by atoms with van der Waals surface area (Å²) in [4.78, 5) is 16.9. The summed E-state index contributed by atoms with van der Waals surface area (Å²) in [6.07, 6.45) is 0.923. The van der Waals surface area contributed by atoms with Crippen molar-refractivity contribution < 1.29 is 9.53 Å². The Hall–Kier alpha value is -2.53. The van der Waals surface area contributed by atoms with Gasteiger partial charge < -0.3 is 15.0 Å². The summed E-state index contributed by atoms with van der Waals surface area (Å²) in [5, 5.41) is 3.13. The summed E-state index contributed by atoms with van der Waals surface area (Å²) >= 11 is 0. The van der Waals surface area contributed by atoms with Crippen LogP contribution in [0.1, 0.15) is 24.1 Å². The van der Waals surface area contributed by atoms with E-state index in [0.29, 0.717) is 0 Å². The van der Waals surface area contributed by atoms with Crippen LogP contribution in [0.5, 0.6) is 0 Å². The molecule has 0 aliphatic carbocycles. The summed E-state index contributed by atoms with van der Waals surface area (Å²) in [5.41, 5.74) is 4.59. The van der Waals surface area contributed by atoms with Gasteiger partial charge in [0.1, 0.15) is 0 Å². The summed E-state index contributed by atoms with van der Waals surface area (Å²) in [5.74, 6) is 0. The van der Waals surface area contributed by atoms with Gasteiger partial charge in [-0.2, -0.15) is 0 Å². The van der Waals surface area contributed by atoms with E-state index >= 15 is 0 Å². The van der Waals surface area contributed by atoms with Gasteiger partial charge in [0.2, 0.25) is 0 Å². The largest absolute Gasteiger partial charge is 0.378 e. The zero-order valence-corrected chi connectivity index (χ0v) is 15.1. The van der Waals surface area contributed by atoms with Crippen molar-refractivity contribution in [3.8, 4) is 0 Å². The van der Waals surface area contributed by atoms with Crippen molar-refractivity contribution >= 4 is 17.4 Å². The predicted molar refractivity (Wildman–Crippen MR) is 104 cm³/mol. The molecular formula is C21H25N3O2. The van der Waals surface area contributed by atoms with E-state index in [9.17, 15) is 4.79 Å². The number of ether oxygens (including phenoxy) is 1. The summed E-state index contributed by atoms with van der Waals surface area (Å²) in [6.45, 7) is 6.20. The average molecular weight is 351 g/mol. The molecule has 2 aliphatic rings. The van der Waals surface area contributed by atoms with Crippen LogP contribution in [0.3, 0.4) is 0 Å². The van der Waals surface area contributed by atoms with Crippen molar-refractivity contribution in [1.29, 1.82) is 0 Å². The van der Waals surface area contributed by atoms with Gasteiger partial charge in [0.25, 0.3) is 0 Å². The molecule has 26 heavy (non-hydrogen) atoms. The van der Waals surface area contributed by atoms with E-state index in [0.717, 1.165) is 50.5 Å². The highest BCUT2D eigenvalue weighted by molar-refractivity contribution is 5.94. The normalized spacial score (nSPS) is 17.7. The van der Waals surface area contributed by atoms with Crippen LogP contribution in [-0.2, 0) is 11.2 Å². The molecule has 136 valence electrons. The lowest BCUT2D eigenvalue weighted by molar-refractivity contribution is 0.122. The molecule has 1 saturated heterocycles. The number of anilines is 2. The first-order chi connectivity index (χ1) is 12.7. The molecule has 0 bridgehead atoms. The van der Waals surface area contributed by atoms with Gasteiger partial charge in [0.15, 0.2) is 0 Å². The van der Waals surface area contributed by atoms with Crippen LogP contribution in [-0.4, -0.2) is 38.9 Å². The highest BCUT2D eigenvalue weighted by atomic mass is 16.5. The average Bonchev–Trinajstić information content (AvgIpc) is 3.13. The van der Waals surface area contributed by atoms with Gasteiger partial charge >= 0.3 is 6.03 Å². The molecule has 5 heteroatoms. The van der Waals surface area contributed by atoms with Crippen LogP contribution in [0.2, 0.25) is 0 Å². The third-order valence-corrected chi connectivity index (χ3v) is 5.24. The minimum Gasteiger partial charge on any atom is -0.378 e. The lowest BCUT2D eigenvalue weighted by Crippen LogP contribution is -2.40. The number of carbonyl (C=O) groups is 1. The van der Waals surface area contributed by atoms with Crippen LogP contribution in [0.15, 0.2) is 48.5 Å². The second kappa shape index (κ2) is 7.38. The van der Waals surface area contributed by atoms with E-state index < -0.39 is 0 Å². The van der Waals surface area contributed by atoms with Crippen LogP contribution < -0.4 is 15.1 Å². The van der Waals surface area contributed by atoms with E-state index in [1.807, 2.05) is 30.0 Å². The summed E-state index contributed by atoms with van der Waals surface area (Å²) in [7, 11) is 0. The van der Waals surface area contributed by atoms with Gasteiger partial charge in [-0.05, 0) is 42.7 Å². The van der Waals surface area contributed by atoms with Gasteiger partial charge in [-0.1, -0.05) is 30.3 Å². The number of para-hydroxylation sites is 1. The maximum atomic E-state index is 12.7. The quantitative estimate of drug-likeness (QED) is 0.922. The first-order valence-corrected chi connectivity index (χ1v) is 9.31. The number of nitrogens with one attached hydrogen (secondary N) is 1. The third-order valence-electron chi connectivity index (χ3n) is 5.24. The Morgan fingerprint density at radius 1 is 1.04 bits per heavy atom. The molecular weight excluding hydrogens is 326 g/mol. The number of carbonyl (C=O) groups excluding carboxylic acids is 1. The fourth-order valence-electron chi connectivity index (χ4n) is 3.69. The predicted octanol–water partition coefficient (Wildman–Crippen LogP) is 3.36. The van der Waals surface area contributed by atoms with Gasteiger partial charge in [-0.3, -0.25) is 4.90 Å². The Labute approximate surface area is 154 Å². The fraction of sp³-hybridized carbons (Fsp3) is 0.381. The molecule has 2 aromatic rings. The molecule has 4 rings (SSSR count). The van der Waals surface area contributed by atoms with Crippen molar-refractivity contribution in [1.82, 2.24) is 5.32 Å². The molecule has 2 heterocycles. The summed E-state index contributed by atoms with van der Waals surface area (Å²) < 4.78 is 5.41. The molecule has 0 radical (unpaired) electrons. The zero-order chi connectivity index (χ0) is 17.9. The van der Waals surface area contributed by atoms with Gasteiger partial charge in [0.05, 0.1) is 19.3 Å². The monoisotopic (exact) mass is 351 g/mol. The highest BCUT2D eigenvalue weighted by Crippen LogP contribution is 2.28. The number of urea groups is 1. The maximum absolute atomic E-state index is 12.7. The molecule has 1 atom stereocenters. The minimum absolute atomic E-state index is 0.0281. The second-order valence-corrected chi connectivity index (χ2v) is 6.89. The minimum atomic E-state index is -0.0333. The number of nitrogens with zero attached hydrogens (tertiary/aromatic N) is 2. The van der Waals surface area contributed by atoms with Crippen LogP contribution in [0, 0.1) is 0 Å². The Bertz CT molecular complexity index is 769. The van der Waals surface area contributed by atoms with Crippen LogP contribution >= 0.6 is 0 Å². The molecule has 2 aromatic carbocycles. The molecule has 0 spiro atoms. The van der Waals surface area contributed by atoms with Crippen molar-refractivity contribution in [2.45, 2.75) is 19.4 Å². The Kier molecular flexibility index (Phi) is 4.80. The Balaban J connectivity index is 1.40. The first kappa shape index (κ1) is 16.9. The van der Waals surface area contributed by atoms with E-state index in [2.05, 4.69) is 40.5 Å². The summed E-state index contributed by atoms with van der Waals surface area (Å²) in [6, 6.07) is 16.5. The lowest BCUT2D eigenvalue weighted by atomic mass is 10.1. The molecule has 1 N–H and O–H groups in total. The Morgan fingerprint density at radius 2 is 1.77 bits per heavy atom. The molecule has 0 saturated carbocycles. The maximum Gasteiger partial charge on any atom is 0.322 e. The van der Waals surface area contributed by atoms with Gasteiger partial charge in [-0.25, -0.2) is 4.79 Å². The number of hydrogen-bond donors (Lipinski definition) is 1. The molecule has 1 fully saturated rings. The number of benzene rings is 2. The first-order valence-electron chi connectivity index (χ1n) is 9.31. The lowest BCUT2D eigenvalue weighted by Gasteiger charge is -2.29. The number of amides is 2. The second-order valence-electron chi connectivity index (χ2n) is 6.89. The van der Waals surface area contributed by atoms with Crippen molar-refractivity contribution in [3.05, 3.63) is 59.7 Å². The van der Waals surface area contributed by atoms with E-state index in [-0.39, 0.29) is 12.1 Å². The van der Waals surface area contributed by atoms with Gasteiger partial charge in [0, 0.05) is 31.0 Å². The standard InChI is InChI=1S/C21H25N3O2/c1-16(17-6-8-19(9-7-17)23-12-14-26-15-13-23)22-21(25)24-11-10-18-4-2-3-5-20(18)24/h2-9,16H,10-15H2,1H3,(H,22,25). The van der Waals surface area contributed by atoms with E-state index in [1.54, 1.807) is 0 Å². The number of hydrogen-bond acceptors (Lipinski definition) is 3. The van der Waals surface area contributed by atoms with Crippen LogP contribution in [0.4, 0.5) is 16.2 Å². The Morgan fingerprint density at radius 3 is 2.54 bits per heavy atom.